The number of aromatic nitrogens is 4. The lowest BCUT2D eigenvalue weighted by molar-refractivity contribution is 0.828. The summed E-state index contributed by atoms with van der Waals surface area (Å²) >= 11 is 0. The summed E-state index contributed by atoms with van der Waals surface area (Å²) in [7, 11) is 3.87. The van der Waals surface area contributed by atoms with Crippen molar-refractivity contribution in [2.45, 2.75) is 13.3 Å². The molecular formula is C15H17N5. The van der Waals surface area contributed by atoms with Gasteiger partial charge in [0, 0.05) is 26.2 Å². The molecule has 0 unspecified atom stereocenters. The molecule has 0 saturated heterocycles. The number of rotatable bonds is 3. The molecule has 0 fully saturated rings. The monoisotopic (exact) mass is 267 g/mol. The number of fused-ring (bicyclic) bond motifs is 1. The van der Waals surface area contributed by atoms with Crippen LogP contribution in [-0.2, 0) is 13.5 Å². The summed E-state index contributed by atoms with van der Waals surface area (Å²) in [5, 5.41) is 2.99. The van der Waals surface area contributed by atoms with Crippen LogP contribution in [0.5, 0.6) is 0 Å². The number of aryl methyl sites for hydroxylation is 2. The highest BCUT2D eigenvalue weighted by Gasteiger charge is 2.09. The lowest BCUT2D eigenvalue weighted by Gasteiger charge is -2.05. The Bertz CT molecular complexity index is 760. The summed E-state index contributed by atoms with van der Waals surface area (Å²) < 4.78 is 2.12. The van der Waals surface area contributed by atoms with Gasteiger partial charge in [0.1, 0.15) is 5.82 Å². The maximum atomic E-state index is 4.67. The van der Waals surface area contributed by atoms with Gasteiger partial charge in [-0.05, 0) is 25.1 Å². The van der Waals surface area contributed by atoms with Gasteiger partial charge in [0.15, 0.2) is 0 Å². The van der Waals surface area contributed by atoms with Crippen LogP contribution >= 0.6 is 0 Å². The Morgan fingerprint density at radius 2 is 1.95 bits per heavy atom. The van der Waals surface area contributed by atoms with Crippen LogP contribution in [0.25, 0.3) is 11.0 Å². The molecule has 2 heterocycles. The highest BCUT2D eigenvalue weighted by atomic mass is 15.1. The fourth-order valence-electron chi connectivity index (χ4n) is 2.35. The van der Waals surface area contributed by atoms with Gasteiger partial charge in [0.2, 0.25) is 5.95 Å². The van der Waals surface area contributed by atoms with Gasteiger partial charge in [-0.15, -0.1) is 0 Å². The van der Waals surface area contributed by atoms with Crippen molar-refractivity contribution < 1.29 is 0 Å². The molecule has 3 rings (SSSR count). The molecular weight excluding hydrogens is 250 g/mol. The predicted molar refractivity (Wildman–Crippen MR) is 79.8 cm³/mol. The Labute approximate surface area is 117 Å². The van der Waals surface area contributed by atoms with E-state index in [9.17, 15) is 0 Å². The average molecular weight is 267 g/mol. The van der Waals surface area contributed by atoms with Gasteiger partial charge < -0.3 is 9.88 Å². The SMILES string of the molecule is CNc1nc(C)cc(Cc2nc3ccccc3n2C)n1. The zero-order valence-corrected chi connectivity index (χ0v) is 11.9. The Kier molecular flexibility index (Phi) is 3.10. The highest BCUT2D eigenvalue weighted by Crippen LogP contribution is 2.17. The first kappa shape index (κ1) is 12.6. The van der Waals surface area contributed by atoms with Crippen molar-refractivity contribution in [3.63, 3.8) is 0 Å². The van der Waals surface area contributed by atoms with Gasteiger partial charge in [0.05, 0.1) is 16.7 Å². The maximum Gasteiger partial charge on any atom is 0.222 e. The molecule has 0 saturated carbocycles. The fourth-order valence-corrected chi connectivity index (χ4v) is 2.35. The number of benzene rings is 1. The Morgan fingerprint density at radius 1 is 1.15 bits per heavy atom. The molecule has 0 bridgehead atoms. The molecule has 0 spiro atoms. The lowest BCUT2D eigenvalue weighted by Crippen LogP contribution is -2.05. The summed E-state index contributed by atoms with van der Waals surface area (Å²) in [5.41, 5.74) is 4.09. The first-order valence-corrected chi connectivity index (χ1v) is 6.60. The molecule has 0 radical (unpaired) electrons. The van der Waals surface area contributed by atoms with E-state index in [1.807, 2.05) is 45.3 Å². The summed E-state index contributed by atoms with van der Waals surface area (Å²) in [4.78, 5) is 13.5. The molecule has 102 valence electrons. The molecule has 5 heteroatoms. The lowest BCUT2D eigenvalue weighted by atomic mass is 10.2. The molecule has 3 aromatic rings. The van der Waals surface area contributed by atoms with Gasteiger partial charge in [0.25, 0.3) is 0 Å². The van der Waals surface area contributed by atoms with Gasteiger partial charge in [-0.25, -0.2) is 15.0 Å². The molecule has 2 aromatic heterocycles. The Morgan fingerprint density at radius 3 is 2.70 bits per heavy atom. The number of hydrogen-bond donors (Lipinski definition) is 1. The van der Waals surface area contributed by atoms with Crippen LogP contribution in [0.3, 0.4) is 0 Å². The van der Waals surface area contributed by atoms with E-state index in [1.165, 1.54) is 0 Å². The predicted octanol–water partition coefficient (Wildman–Crippen LogP) is 2.30. The smallest absolute Gasteiger partial charge is 0.222 e. The first-order valence-electron chi connectivity index (χ1n) is 6.60. The molecule has 0 aliphatic carbocycles. The van der Waals surface area contributed by atoms with Crippen molar-refractivity contribution in [3.8, 4) is 0 Å². The first-order chi connectivity index (χ1) is 9.67. The van der Waals surface area contributed by atoms with Crippen molar-refractivity contribution in [2.75, 3.05) is 12.4 Å². The second-order valence-electron chi connectivity index (χ2n) is 4.83. The molecule has 5 nitrogen and oxygen atoms in total. The largest absolute Gasteiger partial charge is 0.357 e. The third kappa shape index (κ3) is 2.22. The van der Waals surface area contributed by atoms with Crippen LogP contribution in [0.4, 0.5) is 5.95 Å². The van der Waals surface area contributed by atoms with E-state index < -0.39 is 0 Å². The maximum absolute atomic E-state index is 4.67. The summed E-state index contributed by atoms with van der Waals surface area (Å²) in [6.45, 7) is 1.97. The molecule has 1 N–H and O–H groups in total. The molecule has 0 amide bonds. The zero-order chi connectivity index (χ0) is 14.1. The van der Waals surface area contributed by atoms with Crippen LogP contribution < -0.4 is 5.32 Å². The standard InChI is InChI=1S/C15H17N5/c1-10-8-11(18-15(16-2)17-10)9-14-19-12-6-4-5-7-13(12)20(14)3/h4-8H,9H2,1-3H3,(H,16,17,18). The van der Waals surface area contributed by atoms with E-state index in [0.29, 0.717) is 12.4 Å². The van der Waals surface area contributed by atoms with E-state index >= 15 is 0 Å². The van der Waals surface area contributed by atoms with Crippen LogP contribution in [0.2, 0.25) is 0 Å². The van der Waals surface area contributed by atoms with Crippen molar-refractivity contribution >= 4 is 17.0 Å². The molecule has 0 aliphatic rings. The van der Waals surface area contributed by atoms with Crippen molar-refractivity contribution in [1.82, 2.24) is 19.5 Å². The second-order valence-corrected chi connectivity index (χ2v) is 4.83. The minimum Gasteiger partial charge on any atom is -0.357 e. The third-order valence-electron chi connectivity index (χ3n) is 3.35. The minimum atomic E-state index is 0.652. The van der Waals surface area contributed by atoms with Crippen LogP contribution in [-0.4, -0.2) is 26.6 Å². The van der Waals surface area contributed by atoms with Gasteiger partial charge in [-0.1, -0.05) is 12.1 Å². The van der Waals surface area contributed by atoms with Crippen molar-refractivity contribution in [3.05, 3.63) is 47.5 Å². The highest BCUT2D eigenvalue weighted by molar-refractivity contribution is 5.75. The second kappa shape index (κ2) is 4.92. The number of para-hydroxylation sites is 2. The van der Waals surface area contributed by atoms with Crippen molar-refractivity contribution in [2.24, 2.45) is 7.05 Å². The summed E-state index contributed by atoms with van der Waals surface area (Å²) in [6, 6.07) is 10.1. The molecule has 0 aliphatic heterocycles. The Balaban J connectivity index is 2.01. The quantitative estimate of drug-likeness (QED) is 0.791. The zero-order valence-electron chi connectivity index (χ0n) is 11.9. The van der Waals surface area contributed by atoms with Gasteiger partial charge >= 0.3 is 0 Å². The molecule has 1 aromatic carbocycles. The number of imidazole rings is 1. The summed E-state index contributed by atoms with van der Waals surface area (Å²) in [5.74, 6) is 1.66. The topological polar surface area (TPSA) is 55.6 Å². The van der Waals surface area contributed by atoms with E-state index in [2.05, 4.69) is 30.9 Å². The number of nitrogens with zero attached hydrogens (tertiary/aromatic N) is 4. The van der Waals surface area contributed by atoms with Gasteiger partial charge in [-0.2, -0.15) is 0 Å². The van der Waals surface area contributed by atoms with E-state index in [0.717, 1.165) is 28.2 Å². The van der Waals surface area contributed by atoms with Crippen LogP contribution in [0.1, 0.15) is 17.2 Å². The number of anilines is 1. The van der Waals surface area contributed by atoms with E-state index in [1.54, 1.807) is 0 Å². The number of nitrogens with one attached hydrogen (secondary N) is 1. The fraction of sp³-hybridized carbons (Fsp3) is 0.267. The molecule has 0 atom stereocenters. The van der Waals surface area contributed by atoms with Gasteiger partial charge in [-0.3, -0.25) is 0 Å². The van der Waals surface area contributed by atoms with E-state index in [4.69, 9.17) is 0 Å². The third-order valence-corrected chi connectivity index (χ3v) is 3.35. The minimum absolute atomic E-state index is 0.652. The van der Waals surface area contributed by atoms with Crippen LogP contribution in [0, 0.1) is 6.92 Å². The van der Waals surface area contributed by atoms with E-state index in [-0.39, 0.29) is 0 Å². The number of hydrogen-bond acceptors (Lipinski definition) is 4. The normalized spacial score (nSPS) is 10.9. The molecule has 20 heavy (non-hydrogen) atoms. The van der Waals surface area contributed by atoms with Crippen LogP contribution in [0.15, 0.2) is 30.3 Å². The summed E-state index contributed by atoms with van der Waals surface area (Å²) in [6.07, 6.45) is 0.698. The Hall–Kier alpha value is -2.43. The average Bonchev–Trinajstić information content (AvgIpc) is 2.75. The van der Waals surface area contributed by atoms with Crippen molar-refractivity contribution in [1.29, 1.82) is 0 Å².